The van der Waals surface area contributed by atoms with Crippen LogP contribution in [0, 0.1) is 0 Å². The van der Waals surface area contributed by atoms with Crippen LogP contribution in [0.2, 0.25) is 0 Å². The number of rotatable bonds is 10. The van der Waals surface area contributed by atoms with E-state index in [0.717, 1.165) is 23.4 Å². The zero-order valence-corrected chi connectivity index (χ0v) is 15.4. The topological polar surface area (TPSA) is 41.9 Å². The number of hydrogen-bond acceptors (Lipinski definition) is 4. The highest BCUT2D eigenvalue weighted by Crippen LogP contribution is 2.22. The molecular formula is C21H29NO3. The fourth-order valence-electron chi connectivity index (χ4n) is 2.70. The molecule has 0 saturated carbocycles. The van der Waals surface area contributed by atoms with Crippen LogP contribution in [0.25, 0.3) is 0 Å². The third-order valence-corrected chi connectivity index (χ3v) is 4.32. The van der Waals surface area contributed by atoms with E-state index in [1.807, 2.05) is 69.4 Å². The molecule has 2 aromatic carbocycles. The predicted molar refractivity (Wildman–Crippen MR) is 101 cm³/mol. The molecule has 25 heavy (non-hydrogen) atoms. The van der Waals surface area contributed by atoms with Crippen LogP contribution >= 0.6 is 0 Å². The minimum atomic E-state index is -0.517. The fraction of sp³-hybridized carbons (Fsp3) is 0.429. The Morgan fingerprint density at radius 1 is 1.04 bits per heavy atom. The SMILES string of the molecule is CCOCCOc1cccc(CN(C)C(C)C(O)c2ccccc2)c1. The summed E-state index contributed by atoms with van der Waals surface area (Å²) in [7, 11) is 2.03. The Bertz CT molecular complexity index is 618. The first-order valence-electron chi connectivity index (χ1n) is 8.84. The van der Waals surface area contributed by atoms with Crippen molar-refractivity contribution in [3.05, 3.63) is 65.7 Å². The van der Waals surface area contributed by atoms with Crippen molar-refractivity contribution in [3.63, 3.8) is 0 Å². The van der Waals surface area contributed by atoms with E-state index in [4.69, 9.17) is 9.47 Å². The van der Waals surface area contributed by atoms with Crippen LogP contribution in [0.15, 0.2) is 54.6 Å². The molecule has 0 spiro atoms. The third-order valence-electron chi connectivity index (χ3n) is 4.32. The molecule has 2 aromatic rings. The normalized spacial score (nSPS) is 13.6. The molecule has 0 fully saturated rings. The van der Waals surface area contributed by atoms with Gasteiger partial charge in [0, 0.05) is 19.2 Å². The third kappa shape index (κ3) is 6.16. The Balaban J connectivity index is 1.92. The van der Waals surface area contributed by atoms with Gasteiger partial charge in [-0.25, -0.2) is 0 Å². The van der Waals surface area contributed by atoms with E-state index < -0.39 is 6.10 Å². The van der Waals surface area contributed by atoms with Crippen molar-refractivity contribution in [3.8, 4) is 5.75 Å². The Morgan fingerprint density at radius 3 is 2.52 bits per heavy atom. The van der Waals surface area contributed by atoms with Crippen molar-refractivity contribution in [2.24, 2.45) is 0 Å². The number of ether oxygens (including phenoxy) is 2. The summed E-state index contributed by atoms with van der Waals surface area (Å²) in [5.74, 6) is 0.849. The molecule has 0 aromatic heterocycles. The summed E-state index contributed by atoms with van der Waals surface area (Å²) < 4.78 is 11.0. The van der Waals surface area contributed by atoms with Gasteiger partial charge in [0.1, 0.15) is 12.4 Å². The lowest BCUT2D eigenvalue weighted by Gasteiger charge is -2.29. The largest absolute Gasteiger partial charge is 0.491 e. The first-order valence-corrected chi connectivity index (χ1v) is 8.84. The standard InChI is InChI=1S/C21H29NO3/c1-4-24-13-14-25-20-12-8-9-18(15-20)16-22(3)17(2)21(23)19-10-6-5-7-11-19/h5-12,15,17,21,23H,4,13-14,16H2,1-3H3. The maximum atomic E-state index is 10.6. The lowest BCUT2D eigenvalue weighted by atomic mass is 10.0. The Labute approximate surface area is 151 Å². The molecule has 4 nitrogen and oxygen atoms in total. The Kier molecular flexibility index (Phi) is 7.92. The van der Waals surface area contributed by atoms with Gasteiger partial charge in [-0.05, 0) is 44.2 Å². The van der Waals surface area contributed by atoms with Gasteiger partial charge in [-0.2, -0.15) is 0 Å². The van der Waals surface area contributed by atoms with Gasteiger partial charge in [-0.1, -0.05) is 42.5 Å². The van der Waals surface area contributed by atoms with E-state index in [9.17, 15) is 5.11 Å². The van der Waals surface area contributed by atoms with Crippen molar-refractivity contribution in [2.75, 3.05) is 26.9 Å². The molecule has 0 heterocycles. The Morgan fingerprint density at radius 2 is 1.80 bits per heavy atom. The summed E-state index contributed by atoms with van der Waals surface area (Å²) in [5, 5.41) is 10.6. The summed E-state index contributed by atoms with van der Waals surface area (Å²) in [4.78, 5) is 2.15. The molecule has 0 amide bonds. The van der Waals surface area contributed by atoms with E-state index >= 15 is 0 Å². The van der Waals surface area contributed by atoms with Crippen LogP contribution in [-0.4, -0.2) is 42.9 Å². The van der Waals surface area contributed by atoms with Crippen molar-refractivity contribution >= 4 is 0 Å². The number of aliphatic hydroxyl groups is 1. The summed E-state index contributed by atoms with van der Waals surface area (Å²) in [5.41, 5.74) is 2.10. The molecule has 2 unspecified atom stereocenters. The maximum Gasteiger partial charge on any atom is 0.119 e. The van der Waals surface area contributed by atoms with Crippen LogP contribution in [0.5, 0.6) is 5.75 Å². The van der Waals surface area contributed by atoms with Gasteiger partial charge in [-0.15, -0.1) is 0 Å². The second-order valence-electron chi connectivity index (χ2n) is 6.20. The molecule has 0 aliphatic heterocycles. The fourth-order valence-corrected chi connectivity index (χ4v) is 2.70. The zero-order chi connectivity index (χ0) is 18.1. The molecule has 0 radical (unpaired) electrons. The molecule has 4 heteroatoms. The average Bonchev–Trinajstić information content (AvgIpc) is 2.65. The van der Waals surface area contributed by atoms with Crippen LogP contribution in [0.3, 0.4) is 0 Å². The van der Waals surface area contributed by atoms with Crippen molar-refractivity contribution in [1.82, 2.24) is 4.90 Å². The van der Waals surface area contributed by atoms with Crippen molar-refractivity contribution in [2.45, 2.75) is 32.5 Å². The van der Waals surface area contributed by atoms with Crippen LogP contribution in [0.1, 0.15) is 31.1 Å². The van der Waals surface area contributed by atoms with Gasteiger partial charge in [0.2, 0.25) is 0 Å². The van der Waals surface area contributed by atoms with Gasteiger partial charge < -0.3 is 14.6 Å². The average molecular weight is 343 g/mol. The predicted octanol–water partition coefficient (Wildman–Crippen LogP) is 3.66. The lowest BCUT2D eigenvalue weighted by molar-refractivity contribution is 0.0687. The van der Waals surface area contributed by atoms with E-state index in [1.54, 1.807) is 0 Å². The van der Waals surface area contributed by atoms with Gasteiger partial charge >= 0.3 is 0 Å². The molecule has 0 bridgehead atoms. The second kappa shape index (κ2) is 10.2. The van der Waals surface area contributed by atoms with Gasteiger partial charge in [0.25, 0.3) is 0 Å². The summed E-state index contributed by atoms with van der Waals surface area (Å²) >= 11 is 0. The maximum absolute atomic E-state index is 10.6. The van der Waals surface area contributed by atoms with Crippen molar-refractivity contribution in [1.29, 1.82) is 0 Å². The number of nitrogens with zero attached hydrogens (tertiary/aromatic N) is 1. The lowest BCUT2D eigenvalue weighted by Crippen LogP contribution is -2.33. The monoisotopic (exact) mass is 343 g/mol. The van der Waals surface area contributed by atoms with Gasteiger partial charge in [0.05, 0.1) is 12.7 Å². The molecule has 0 aliphatic carbocycles. The summed E-state index contributed by atoms with van der Waals surface area (Å²) in [6, 6.07) is 17.9. The number of benzene rings is 2. The van der Waals surface area contributed by atoms with Crippen LogP contribution in [-0.2, 0) is 11.3 Å². The van der Waals surface area contributed by atoms with Crippen LogP contribution in [0.4, 0.5) is 0 Å². The minimum absolute atomic E-state index is 0.00456. The highest BCUT2D eigenvalue weighted by atomic mass is 16.5. The first-order chi connectivity index (χ1) is 12.1. The smallest absolute Gasteiger partial charge is 0.119 e. The molecule has 0 saturated heterocycles. The number of likely N-dealkylation sites (N-methyl/N-ethyl adjacent to an activating group) is 1. The van der Waals surface area contributed by atoms with E-state index in [0.29, 0.717) is 19.8 Å². The molecule has 1 N–H and O–H groups in total. The van der Waals surface area contributed by atoms with E-state index in [1.165, 1.54) is 0 Å². The van der Waals surface area contributed by atoms with Gasteiger partial charge in [0.15, 0.2) is 0 Å². The molecule has 0 aliphatic rings. The molecule has 2 atom stereocenters. The first kappa shape index (κ1) is 19.4. The van der Waals surface area contributed by atoms with Crippen LogP contribution < -0.4 is 4.74 Å². The van der Waals surface area contributed by atoms with Crippen molar-refractivity contribution < 1.29 is 14.6 Å². The zero-order valence-electron chi connectivity index (χ0n) is 15.4. The minimum Gasteiger partial charge on any atom is -0.491 e. The second-order valence-corrected chi connectivity index (χ2v) is 6.20. The molecule has 2 rings (SSSR count). The molecule has 136 valence electrons. The van der Waals surface area contributed by atoms with E-state index in [2.05, 4.69) is 11.0 Å². The molecular weight excluding hydrogens is 314 g/mol. The highest BCUT2D eigenvalue weighted by molar-refractivity contribution is 5.28. The highest BCUT2D eigenvalue weighted by Gasteiger charge is 2.20. The quantitative estimate of drug-likeness (QED) is 0.669. The number of hydrogen-bond donors (Lipinski definition) is 1. The summed E-state index contributed by atoms with van der Waals surface area (Å²) in [6.45, 7) is 6.61. The summed E-state index contributed by atoms with van der Waals surface area (Å²) in [6.07, 6.45) is -0.517. The Hall–Kier alpha value is -1.88. The van der Waals surface area contributed by atoms with Gasteiger partial charge in [-0.3, -0.25) is 4.90 Å². The number of aliphatic hydroxyl groups excluding tert-OH is 1. The van der Waals surface area contributed by atoms with E-state index in [-0.39, 0.29) is 6.04 Å².